The number of H-pyrrole nitrogens is 1. The van der Waals surface area contributed by atoms with E-state index < -0.39 is 0 Å². The zero-order chi connectivity index (χ0) is 13.1. The van der Waals surface area contributed by atoms with Gasteiger partial charge in [0, 0.05) is 11.7 Å². The molecule has 0 atom stereocenters. The lowest BCUT2D eigenvalue weighted by molar-refractivity contribution is 0.325. The average molecular weight is 279 g/mol. The number of para-hydroxylation sites is 1. The molecular weight excluding hydrogens is 265 g/mol. The van der Waals surface area contributed by atoms with Crippen molar-refractivity contribution < 1.29 is 9.13 Å². The van der Waals surface area contributed by atoms with Gasteiger partial charge in [-0.1, -0.05) is 23.9 Å². The summed E-state index contributed by atoms with van der Waals surface area (Å²) in [5.74, 6) is 2.21. The highest BCUT2D eigenvalue weighted by molar-refractivity contribution is 7.99. The SMILES string of the molecule is Fc1ccccc1OCCSc1n[nH]c(C2CC2)n1. The summed E-state index contributed by atoms with van der Waals surface area (Å²) in [6.45, 7) is 0.429. The molecular formula is C13H14FN3OS. The van der Waals surface area contributed by atoms with Crippen LogP contribution in [0, 0.1) is 5.82 Å². The van der Waals surface area contributed by atoms with Crippen LogP contribution in [0.2, 0.25) is 0 Å². The highest BCUT2D eigenvalue weighted by Crippen LogP contribution is 2.38. The fourth-order valence-electron chi connectivity index (χ4n) is 1.71. The zero-order valence-corrected chi connectivity index (χ0v) is 11.1. The molecule has 100 valence electrons. The van der Waals surface area contributed by atoms with Gasteiger partial charge in [-0.05, 0) is 25.0 Å². The minimum absolute atomic E-state index is 0.289. The second-order valence-corrected chi connectivity index (χ2v) is 5.47. The first-order valence-electron chi connectivity index (χ1n) is 6.25. The number of thioether (sulfide) groups is 1. The van der Waals surface area contributed by atoms with Crippen LogP contribution in [0.25, 0.3) is 0 Å². The zero-order valence-electron chi connectivity index (χ0n) is 10.3. The molecule has 1 aliphatic rings. The van der Waals surface area contributed by atoms with Crippen molar-refractivity contribution >= 4 is 11.8 Å². The Morgan fingerprint density at radius 3 is 3.00 bits per heavy atom. The van der Waals surface area contributed by atoms with Crippen molar-refractivity contribution in [1.82, 2.24) is 15.2 Å². The fraction of sp³-hybridized carbons (Fsp3) is 0.385. The molecule has 0 aliphatic heterocycles. The monoisotopic (exact) mass is 279 g/mol. The predicted octanol–water partition coefficient (Wildman–Crippen LogP) is 2.99. The normalized spacial score (nSPS) is 14.6. The van der Waals surface area contributed by atoms with Crippen LogP contribution in [0.15, 0.2) is 29.4 Å². The third-order valence-electron chi connectivity index (χ3n) is 2.85. The van der Waals surface area contributed by atoms with Crippen molar-refractivity contribution in [1.29, 1.82) is 0 Å². The Balaban J connectivity index is 1.44. The van der Waals surface area contributed by atoms with Crippen molar-refractivity contribution in [2.45, 2.75) is 23.9 Å². The number of rotatable bonds is 6. The lowest BCUT2D eigenvalue weighted by atomic mass is 10.3. The molecule has 0 unspecified atom stereocenters. The van der Waals surface area contributed by atoms with Gasteiger partial charge >= 0.3 is 0 Å². The van der Waals surface area contributed by atoms with E-state index in [2.05, 4.69) is 15.2 Å². The van der Waals surface area contributed by atoms with E-state index in [0.29, 0.717) is 18.3 Å². The van der Waals surface area contributed by atoms with Crippen LogP contribution in [0.5, 0.6) is 5.75 Å². The average Bonchev–Trinajstić information content (AvgIpc) is 3.17. The maximum atomic E-state index is 13.3. The molecule has 0 radical (unpaired) electrons. The van der Waals surface area contributed by atoms with E-state index in [0.717, 1.165) is 11.0 Å². The van der Waals surface area contributed by atoms with Crippen molar-refractivity contribution in [3.05, 3.63) is 35.9 Å². The summed E-state index contributed by atoms with van der Waals surface area (Å²) in [5, 5.41) is 7.82. The second-order valence-electron chi connectivity index (χ2n) is 4.40. The van der Waals surface area contributed by atoms with Crippen LogP contribution in [0.1, 0.15) is 24.6 Å². The third-order valence-corrected chi connectivity index (χ3v) is 3.67. The highest BCUT2D eigenvalue weighted by Gasteiger charge is 2.27. The first kappa shape index (κ1) is 12.5. The van der Waals surface area contributed by atoms with Crippen LogP contribution in [0.3, 0.4) is 0 Å². The lowest BCUT2D eigenvalue weighted by Crippen LogP contribution is -2.01. The summed E-state index contributed by atoms with van der Waals surface area (Å²) >= 11 is 1.51. The van der Waals surface area contributed by atoms with Gasteiger partial charge in [0.05, 0.1) is 6.61 Å². The number of hydrogen-bond acceptors (Lipinski definition) is 4. The van der Waals surface area contributed by atoms with E-state index in [9.17, 15) is 4.39 Å². The third kappa shape index (κ3) is 3.26. The fourth-order valence-corrected chi connectivity index (χ4v) is 2.33. The van der Waals surface area contributed by atoms with E-state index >= 15 is 0 Å². The molecule has 1 heterocycles. The van der Waals surface area contributed by atoms with Gasteiger partial charge < -0.3 is 4.74 Å². The number of aromatic nitrogens is 3. The van der Waals surface area contributed by atoms with Crippen LogP contribution >= 0.6 is 11.8 Å². The molecule has 0 amide bonds. The van der Waals surface area contributed by atoms with E-state index in [1.54, 1.807) is 18.2 Å². The summed E-state index contributed by atoms with van der Waals surface area (Å²) < 4.78 is 18.6. The predicted molar refractivity (Wildman–Crippen MR) is 71.0 cm³/mol. The maximum absolute atomic E-state index is 13.3. The summed E-state index contributed by atoms with van der Waals surface area (Å²) in [6, 6.07) is 6.41. The van der Waals surface area contributed by atoms with E-state index in [-0.39, 0.29) is 11.6 Å². The first-order chi connectivity index (χ1) is 9.33. The van der Waals surface area contributed by atoms with Gasteiger partial charge in [0.2, 0.25) is 5.16 Å². The Labute approximate surface area is 114 Å². The highest BCUT2D eigenvalue weighted by atomic mass is 32.2. The first-order valence-corrected chi connectivity index (χ1v) is 7.24. The van der Waals surface area contributed by atoms with Crippen molar-refractivity contribution in [3.63, 3.8) is 0 Å². The Morgan fingerprint density at radius 1 is 1.37 bits per heavy atom. The molecule has 1 N–H and O–H groups in total. The number of ether oxygens (including phenoxy) is 1. The van der Waals surface area contributed by atoms with Gasteiger partial charge in [-0.15, -0.1) is 5.10 Å². The van der Waals surface area contributed by atoms with Crippen LogP contribution in [-0.4, -0.2) is 27.5 Å². The summed E-state index contributed by atoms with van der Waals surface area (Å²) in [4.78, 5) is 4.40. The number of nitrogens with zero attached hydrogens (tertiary/aromatic N) is 2. The van der Waals surface area contributed by atoms with Crippen LogP contribution < -0.4 is 4.74 Å². The van der Waals surface area contributed by atoms with Crippen LogP contribution in [-0.2, 0) is 0 Å². The molecule has 0 bridgehead atoms. The molecule has 1 fully saturated rings. The van der Waals surface area contributed by atoms with E-state index in [1.165, 1.54) is 30.7 Å². The van der Waals surface area contributed by atoms with Gasteiger partial charge in [0.15, 0.2) is 11.6 Å². The summed E-state index contributed by atoms with van der Waals surface area (Å²) in [5.41, 5.74) is 0. The molecule has 4 nitrogen and oxygen atoms in total. The number of aromatic amines is 1. The second kappa shape index (κ2) is 5.61. The number of benzene rings is 1. The Morgan fingerprint density at radius 2 is 2.21 bits per heavy atom. The van der Waals surface area contributed by atoms with Crippen molar-refractivity contribution in [2.75, 3.05) is 12.4 Å². The minimum atomic E-state index is -0.332. The summed E-state index contributed by atoms with van der Waals surface area (Å²) in [6.07, 6.45) is 2.41. The molecule has 2 aromatic rings. The van der Waals surface area contributed by atoms with E-state index in [4.69, 9.17) is 4.74 Å². The number of nitrogens with one attached hydrogen (secondary N) is 1. The Hall–Kier alpha value is -1.56. The Kier molecular flexibility index (Phi) is 3.68. The Bertz CT molecular complexity index is 556. The van der Waals surface area contributed by atoms with Gasteiger partial charge in [0.1, 0.15) is 5.82 Å². The van der Waals surface area contributed by atoms with Gasteiger partial charge in [-0.3, -0.25) is 5.10 Å². The molecule has 6 heteroatoms. The lowest BCUT2D eigenvalue weighted by Gasteiger charge is -2.05. The standard InChI is InChI=1S/C13H14FN3OS/c14-10-3-1-2-4-11(10)18-7-8-19-13-15-12(16-17-13)9-5-6-9/h1-4,9H,5-8H2,(H,15,16,17). The maximum Gasteiger partial charge on any atom is 0.208 e. The molecule has 0 saturated heterocycles. The number of hydrogen-bond donors (Lipinski definition) is 1. The quantitative estimate of drug-likeness (QED) is 0.652. The molecule has 19 heavy (non-hydrogen) atoms. The topological polar surface area (TPSA) is 50.8 Å². The van der Waals surface area contributed by atoms with Gasteiger partial charge in [-0.25, -0.2) is 9.37 Å². The molecule has 1 saturated carbocycles. The largest absolute Gasteiger partial charge is 0.490 e. The molecule has 1 aromatic heterocycles. The molecule has 1 aromatic carbocycles. The van der Waals surface area contributed by atoms with Gasteiger partial charge in [0.25, 0.3) is 0 Å². The van der Waals surface area contributed by atoms with E-state index in [1.807, 2.05) is 0 Å². The van der Waals surface area contributed by atoms with Gasteiger partial charge in [-0.2, -0.15) is 0 Å². The molecule has 1 aliphatic carbocycles. The minimum Gasteiger partial charge on any atom is -0.490 e. The van der Waals surface area contributed by atoms with Crippen molar-refractivity contribution in [2.24, 2.45) is 0 Å². The smallest absolute Gasteiger partial charge is 0.208 e. The number of halogens is 1. The molecule has 3 rings (SSSR count). The molecule has 0 spiro atoms. The summed E-state index contributed by atoms with van der Waals surface area (Å²) in [7, 11) is 0. The van der Waals surface area contributed by atoms with Crippen molar-refractivity contribution in [3.8, 4) is 5.75 Å². The van der Waals surface area contributed by atoms with Crippen LogP contribution in [0.4, 0.5) is 4.39 Å².